The Morgan fingerprint density at radius 1 is 1.19 bits per heavy atom. The van der Waals surface area contributed by atoms with Gasteiger partial charge in [0.05, 0.1) is 0 Å². The van der Waals surface area contributed by atoms with E-state index in [1.54, 1.807) is 0 Å². The van der Waals surface area contributed by atoms with Crippen molar-refractivity contribution in [3.63, 3.8) is 0 Å². The Hall–Kier alpha value is -0.0400. The molecule has 0 aromatic heterocycles. The summed E-state index contributed by atoms with van der Waals surface area (Å²) in [5.41, 5.74) is 6.62. The lowest BCUT2D eigenvalue weighted by Gasteiger charge is -2.38. The lowest BCUT2D eigenvalue weighted by atomic mass is 9.71. The second-order valence-corrected chi connectivity index (χ2v) is 6.75. The first-order valence-electron chi connectivity index (χ1n) is 7.20. The molecule has 96 valence electrons. The molecule has 0 aliphatic heterocycles. The molecule has 0 spiro atoms. The summed E-state index contributed by atoms with van der Waals surface area (Å²) in [7, 11) is 0. The van der Waals surface area contributed by atoms with E-state index in [9.17, 15) is 0 Å². The molecule has 1 atom stereocenters. The first-order valence-corrected chi connectivity index (χ1v) is 7.20. The standard InChI is InChI=1S/C15H31N/c1-12(2)6-5-11-15(4,16)14-9-7-13(3)8-10-14/h12-14H,5-11,16H2,1-4H3/t13?,14?,15-/m0/s1. The van der Waals surface area contributed by atoms with Crippen LogP contribution < -0.4 is 5.73 Å². The first-order chi connectivity index (χ1) is 7.42. The summed E-state index contributed by atoms with van der Waals surface area (Å²) in [6.45, 7) is 9.27. The normalized spacial score (nSPS) is 30.4. The third-order valence-electron chi connectivity index (χ3n) is 4.45. The second kappa shape index (κ2) is 6.05. The van der Waals surface area contributed by atoms with Crippen molar-refractivity contribution in [1.29, 1.82) is 0 Å². The van der Waals surface area contributed by atoms with Crippen LogP contribution in [-0.2, 0) is 0 Å². The van der Waals surface area contributed by atoms with Crippen LogP contribution in [0.2, 0.25) is 0 Å². The van der Waals surface area contributed by atoms with Gasteiger partial charge in [-0.05, 0) is 43.9 Å². The molecule has 1 aliphatic carbocycles. The van der Waals surface area contributed by atoms with Crippen molar-refractivity contribution in [2.24, 2.45) is 23.5 Å². The van der Waals surface area contributed by atoms with Crippen LogP contribution in [0.5, 0.6) is 0 Å². The van der Waals surface area contributed by atoms with Crippen LogP contribution in [0.25, 0.3) is 0 Å². The highest BCUT2D eigenvalue weighted by Gasteiger charge is 2.32. The van der Waals surface area contributed by atoms with Crippen LogP contribution >= 0.6 is 0 Å². The van der Waals surface area contributed by atoms with Gasteiger partial charge in [-0.1, -0.05) is 46.5 Å². The summed E-state index contributed by atoms with van der Waals surface area (Å²) in [6, 6.07) is 0. The molecule has 1 heteroatoms. The molecular weight excluding hydrogens is 194 g/mol. The van der Waals surface area contributed by atoms with Crippen molar-refractivity contribution >= 4 is 0 Å². The summed E-state index contributed by atoms with van der Waals surface area (Å²) in [4.78, 5) is 0. The predicted octanol–water partition coefficient (Wildman–Crippen LogP) is 4.36. The lowest BCUT2D eigenvalue weighted by molar-refractivity contribution is 0.178. The maximum atomic E-state index is 6.52. The zero-order chi connectivity index (χ0) is 12.2. The van der Waals surface area contributed by atoms with E-state index >= 15 is 0 Å². The minimum Gasteiger partial charge on any atom is -0.325 e. The zero-order valence-electron chi connectivity index (χ0n) is 11.8. The Morgan fingerprint density at radius 3 is 2.25 bits per heavy atom. The largest absolute Gasteiger partial charge is 0.325 e. The maximum Gasteiger partial charge on any atom is 0.0154 e. The smallest absolute Gasteiger partial charge is 0.0154 e. The average Bonchev–Trinajstić information content (AvgIpc) is 2.17. The van der Waals surface area contributed by atoms with E-state index in [2.05, 4.69) is 27.7 Å². The summed E-state index contributed by atoms with van der Waals surface area (Å²) < 4.78 is 0. The molecule has 1 rings (SSSR count). The molecule has 0 bridgehead atoms. The van der Waals surface area contributed by atoms with Crippen LogP contribution in [0.15, 0.2) is 0 Å². The third kappa shape index (κ3) is 4.45. The minimum absolute atomic E-state index is 0.0923. The quantitative estimate of drug-likeness (QED) is 0.739. The molecule has 16 heavy (non-hydrogen) atoms. The van der Waals surface area contributed by atoms with Gasteiger partial charge >= 0.3 is 0 Å². The molecule has 1 saturated carbocycles. The highest BCUT2D eigenvalue weighted by atomic mass is 14.7. The Bertz CT molecular complexity index is 188. The number of hydrogen-bond donors (Lipinski definition) is 1. The summed E-state index contributed by atoms with van der Waals surface area (Å²) in [6.07, 6.45) is 9.34. The van der Waals surface area contributed by atoms with Gasteiger partial charge < -0.3 is 5.73 Å². The van der Waals surface area contributed by atoms with Gasteiger partial charge in [-0.3, -0.25) is 0 Å². The molecule has 0 aromatic carbocycles. The van der Waals surface area contributed by atoms with E-state index in [1.165, 1.54) is 44.9 Å². The topological polar surface area (TPSA) is 26.0 Å². The number of hydrogen-bond acceptors (Lipinski definition) is 1. The Balaban J connectivity index is 2.32. The number of nitrogens with two attached hydrogens (primary N) is 1. The van der Waals surface area contributed by atoms with E-state index in [0.717, 1.165) is 17.8 Å². The SMILES string of the molecule is CC(C)CCC[C@](C)(N)C1CCC(C)CC1. The molecule has 0 saturated heterocycles. The van der Waals surface area contributed by atoms with Gasteiger partial charge in [0.1, 0.15) is 0 Å². The van der Waals surface area contributed by atoms with Crippen LogP contribution in [-0.4, -0.2) is 5.54 Å². The van der Waals surface area contributed by atoms with Crippen LogP contribution in [0.4, 0.5) is 0 Å². The average molecular weight is 225 g/mol. The molecule has 1 aliphatic rings. The van der Waals surface area contributed by atoms with Crippen molar-refractivity contribution in [3.05, 3.63) is 0 Å². The second-order valence-electron chi connectivity index (χ2n) is 6.75. The monoisotopic (exact) mass is 225 g/mol. The highest BCUT2D eigenvalue weighted by molar-refractivity contribution is 4.89. The Labute approximate surface area is 102 Å². The van der Waals surface area contributed by atoms with Gasteiger partial charge in [0.25, 0.3) is 0 Å². The molecule has 0 amide bonds. The minimum atomic E-state index is 0.0923. The molecule has 2 N–H and O–H groups in total. The maximum absolute atomic E-state index is 6.52. The predicted molar refractivity (Wildman–Crippen MR) is 72.4 cm³/mol. The van der Waals surface area contributed by atoms with Crippen LogP contribution in [0.1, 0.15) is 72.6 Å². The number of rotatable bonds is 5. The fourth-order valence-corrected chi connectivity index (χ4v) is 3.01. The van der Waals surface area contributed by atoms with Crippen molar-refractivity contribution in [3.8, 4) is 0 Å². The van der Waals surface area contributed by atoms with E-state index in [0.29, 0.717) is 0 Å². The molecule has 0 aromatic rings. The van der Waals surface area contributed by atoms with Gasteiger partial charge in [0.15, 0.2) is 0 Å². The van der Waals surface area contributed by atoms with E-state index in [1.807, 2.05) is 0 Å². The fraction of sp³-hybridized carbons (Fsp3) is 1.00. The molecule has 0 unspecified atom stereocenters. The fourth-order valence-electron chi connectivity index (χ4n) is 3.01. The van der Waals surface area contributed by atoms with Gasteiger partial charge in [0, 0.05) is 5.54 Å². The Morgan fingerprint density at radius 2 is 1.75 bits per heavy atom. The van der Waals surface area contributed by atoms with Crippen molar-refractivity contribution in [1.82, 2.24) is 0 Å². The van der Waals surface area contributed by atoms with Gasteiger partial charge in [0.2, 0.25) is 0 Å². The first kappa shape index (κ1) is 14.0. The molecule has 1 nitrogen and oxygen atoms in total. The van der Waals surface area contributed by atoms with Crippen molar-refractivity contribution < 1.29 is 0 Å². The van der Waals surface area contributed by atoms with E-state index in [4.69, 9.17) is 5.73 Å². The third-order valence-corrected chi connectivity index (χ3v) is 4.45. The van der Waals surface area contributed by atoms with Crippen molar-refractivity contribution in [2.45, 2.75) is 78.2 Å². The zero-order valence-corrected chi connectivity index (χ0v) is 11.8. The summed E-state index contributed by atoms with van der Waals surface area (Å²) in [5.74, 6) is 2.53. The van der Waals surface area contributed by atoms with Gasteiger partial charge in [-0.2, -0.15) is 0 Å². The molecule has 0 radical (unpaired) electrons. The van der Waals surface area contributed by atoms with Crippen LogP contribution in [0.3, 0.4) is 0 Å². The Kier molecular flexibility index (Phi) is 5.30. The summed E-state index contributed by atoms with van der Waals surface area (Å²) >= 11 is 0. The lowest BCUT2D eigenvalue weighted by Crippen LogP contribution is -2.45. The van der Waals surface area contributed by atoms with E-state index in [-0.39, 0.29) is 5.54 Å². The molecule has 1 fully saturated rings. The van der Waals surface area contributed by atoms with Crippen molar-refractivity contribution in [2.75, 3.05) is 0 Å². The molecule has 0 heterocycles. The summed E-state index contributed by atoms with van der Waals surface area (Å²) in [5, 5.41) is 0. The highest BCUT2D eigenvalue weighted by Crippen LogP contribution is 2.36. The van der Waals surface area contributed by atoms with Crippen LogP contribution in [0, 0.1) is 17.8 Å². The molecular formula is C15H31N. The van der Waals surface area contributed by atoms with Gasteiger partial charge in [-0.15, -0.1) is 0 Å². The van der Waals surface area contributed by atoms with E-state index < -0.39 is 0 Å². The van der Waals surface area contributed by atoms with Gasteiger partial charge in [-0.25, -0.2) is 0 Å².